The topological polar surface area (TPSA) is 85.1 Å². The summed E-state index contributed by atoms with van der Waals surface area (Å²) in [5.74, 6) is 0.142. The smallest absolute Gasteiger partial charge is 0.257 e. The lowest BCUT2D eigenvalue weighted by atomic mass is 9.99. The Labute approximate surface area is 175 Å². The first-order chi connectivity index (χ1) is 14.7. The molecule has 2 aliphatic heterocycles. The van der Waals surface area contributed by atoms with Crippen molar-refractivity contribution in [2.75, 3.05) is 39.4 Å². The van der Waals surface area contributed by atoms with Gasteiger partial charge in [0.1, 0.15) is 12.8 Å². The number of amides is 2. The Hall–Kier alpha value is -2.71. The summed E-state index contributed by atoms with van der Waals surface area (Å²) in [6.45, 7) is 3.37. The van der Waals surface area contributed by atoms with E-state index in [2.05, 4.69) is 4.98 Å². The molecule has 0 N–H and O–H groups in total. The Bertz CT molecular complexity index is 821. The van der Waals surface area contributed by atoms with Crippen molar-refractivity contribution in [1.29, 1.82) is 0 Å². The maximum Gasteiger partial charge on any atom is 0.257 e. The maximum atomic E-state index is 13.0. The fourth-order valence-electron chi connectivity index (χ4n) is 3.92. The number of aromatic nitrogens is 1. The van der Waals surface area contributed by atoms with Crippen molar-refractivity contribution in [3.8, 4) is 0 Å². The molecule has 2 fully saturated rings. The van der Waals surface area contributed by atoms with Crippen LogP contribution in [0.15, 0.2) is 47.5 Å². The quantitative estimate of drug-likeness (QED) is 0.720. The van der Waals surface area contributed by atoms with Gasteiger partial charge in [-0.25, -0.2) is 0 Å². The third kappa shape index (κ3) is 5.25. The van der Waals surface area contributed by atoms with Gasteiger partial charge in [0.15, 0.2) is 0 Å². The van der Waals surface area contributed by atoms with E-state index in [1.165, 1.54) is 12.5 Å². The van der Waals surface area contributed by atoms with Crippen LogP contribution < -0.4 is 0 Å². The molecule has 2 amide bonds. The highest BCUT2D eigenvalue weighted by molar-refractivity contribution is 5.96. The lowest BCUT2D eigenvalue weighted by Crippen LogP contribution is -2.42. The van der Waals surface area contributed by atoms with E-state index in [1.54, 1.807) is 23.4 Å². The van der Waals surface area contributed by atoms with Crippen LogP contribution in [0.25, 0.3) is 0 Å². The van der Waals surface area contributed by atoms with E-state index < -0.39 is 0 Å². The summed E-state index contributed by atoms with van der Waals surface area (Å²) in [5, 5.41) is 0. The molecule has 8 heteroatoms. The molecule has 8 nitrogen and oxygen atoms in total. The van der Waals surface area contributed by atoms with Crippen LogP contribution in [0.1, 0.15) is 28.8 Å². The van der Waals surface area contributed by atoms with Gasteiger partial charge in [0.2, 0.25) is 5.91 Å². The number of hydrogen-bond donors (Lipinski definition) is 0. The predicted octanol–water partition coefficient (Wildman–Crippen LogP) is 1.97. The fourth-order valence-corrected chi connectivity index (χ4v) is 3.92. The minimum absolute atomic E-state index is 0.0417. The van der Waals surface area contributed by atoms with E-state index in [0.29, 0.717) is 37.7 Å². The molecule has 2 saturated heterocycles. The molecule has 4 heterocycles. The molecule has 2 aliphatic rings. The number of furan rings is 1. The summed E-state index contributed by atoms with van der Waals surface area (Å²) in [6, 6.07) is 5.42. The van der Waals surface area contributed by atoms with E-state index in [4.69, 9.17) is 13.9 Å². The van der Waals surface area contributed by atoms with Crippen LogP contribution >= 0.6 is 0 Å². The van der Waals surface area contributed by atoms with Gasteiger partial charge in [-0.2, -0.15) is 0 Å². The van der Waals surface area contributed by atoms with E-state index in [0.717, 1.165) is 31.6 Å². The van der Waals surface area contributed by atoms with E-state index in [-0.39, 0.29) is 24.5 Å². The van der Waals surface area contributed by atoms with Gasteiger partial charge >= 0.3 is 0 Å². The second-order valence-corrected chi connectivity index (χ2v) is 7.85. The maximum absolute atomic E-state index is 13.0. The number of ether oxygens (including phenoxy) is 2. The number of nitrogens with zero attached hydrogens (tertiary/aromatic N) is 3. The van der Waals surface area contributed by atoms with Crippen molar-refractivity contribution < 1.29 is 23.5 Å². The lowest BCUT2D eigenvalue weighted by molar-refractivity contribution is -0.132. The largest absolute Gasteiger partial charge is 0.472 e. The number of pyridine rings is 1. The highest BCUT2D eigenvalue weighted by Crippen LogP contribution is 2.20. The zero-order valence-electron chi connectivity index (χ0n) is 16.9. The van der Waals surface area contributed by atoms with Crippen LogP contribution in [0.5, 0.6) is 0 Å². The van der Waals surface area contributed by atoms with Crippen LogP contribution in [0.2, 0.25) is 0 Å². The monoisotopic (exact) mass is 413 g/mol. The molecule has 30 heavy (non-hydrogen) atoms. The molecule has 0 aromatic carbocycles. The van der Waals surface area contributed by atoms with Crippen molar-refractivity contribution >= 4 is 11.8 Å². The number of carbonyl (C=O) groups is 2. The van der Waals surface area contributed by atoms with Crippen molar-refractivity contribution in [2.45, 2.75) is 25.6 Å². The first-order valence-electron chi connectivity index (χ1n) is 10.4. The number of rotatable bonds is 6. The fraction of sp³-hybridized carbons (Fsp3) is 0.500. The summed E-state index contributed by atoms with van der Waals surface area (Å²) in [5.41, 5.74) is 1.39. The summed E-state index contributed by atoms with van der Waals surface area (Å²) in [4.78, 5) is 33.4. The molecule has 0 aliphatic carbocycles. The minimum Gasteiger partial charge on any atom is -0.472 e. The average Bonchev–Trinajstić information content (AvgIpc) is 3.27. The second kappa shape index (κ2) is 9.86. The Kier molecular flexibility index (Phi) is 6.76. The average molecular weight is 413 g/mol. The van der Waals surface area contributed by atoms with Crippen LogP contribution in [-0.2, 0) is 20.9 Å². The Morgan fingerprint density at radius 3 is 2.83 bits per heavy atom. The van der Waals surface area contributed by atoms with Gasteiger partial charge < -0.3 is 23.7 Å². The van der Waals surface area contributed by atoms with Crippen LogP contribution in [0, 0.1) is 5.92 Å². The molecule has 4 rings (SSSR count). The normalized spacial score (nSPS) is 20.9. The molecule has 2 aromatic rings. The molecule has 0 spiro atoms. The highest BCUT2D eigenvalue weighted by Gasteiger charge is 2.33. The van der Waals surface area contributed by atoms with E-state index in [1.807, 2.05) is 17.0 Å². The minimum atomic E-state index is -0.285. The van der Waals surface area contributed by atoms with Gasteiger partial charge in [0.05, 0.1) is 24.5 Å². The van der Waals surface area contributed by atoms with Gasteiger partial charge in [-0.05, 0) is 36.5 Å². The molecule has 0 saturated carbocycles. The second-order valence-electron chi connectivity index (χ2n) is 7.85. The third-order valence-corrected chi connectivity index (χ3v) is 5.61. The Balaban J connectivity index is 1.47. The molecule has 1 atom stereocenters. The standard InChI is InChI=1S/C22H27N3O5/c26-21-14-25(22(27)19-5-9-29-16-19)13-20(30-15-18-2-1-6-23-10-18)12-24(21)11-17-3-7-28-8-4-17/h1-2,5-6,9-10,16-17,20H,3-4,7-8,11-15H2/t20-/m0/s1. The van der Waals surface area contributed by atoms with Crippen LogP contribution in [0.3, 0.4) is 0 Å². The number of carbonyl (C=O) groups excluding carboxylic acids is 2. The van der Waals surface area contributed by atoms with Gasteiger partial charge in [-0.15, -0.1) is 0 Å². The zero-order valence-corrected chi connectivity index (χ0v) is 16.9. The highest BCUT2D eigenvalue weighted by atomic mass is 16.5. The van der Waals surface area contributed by atoms with Crippen molar-refractivity contribution in [3.63, 3.8) is 0 Å². The Morgan fingerprint density at radius 1 is 1.23 bits per heavy atom. The SMILES string of the molecule is O=C1CN(C(=O)c2ccoc2)C[C@@H](OCc2cccnc2)CN1CC1CCOCC1. The van der Waals surface area contributed by atoms with Gasteiger partial charge in [-0.3, -0.25) is 14.6 Å². The first-order valence-corrected chi connectivity index (χ1v) is 10.4. The van der Waals surface area contributed by atoms with E-state index in [9.17, 15) is 9.59 Å². The molecule has 0 bridgehead atoms. The summed E-state index contributed by atoms with van der Waals surface area (Å²) in [7, 11) is 0. The summed E-state index contributed by atoms with van der Waals surface area (Å²) in [6.07, 6.45) is 7.95. The third-order valence-electron chi connectivity index (χ3n) is 5.61. The molecule has 0 unspecified atom stereocenters. The molecule has 0 radical (unpaired) electrons. The van der Waals surface area contributed by atoms with Crippen LogP contribution in [0.4, 0.5) is 0 Å². The zero-order chi connectivity index (χ0) is 20.8. The first kappa shape index (κ1) is 20.6. The predicted molar refractivity (Wildman–Crippen MR) is 108 cm³/mol. The lowest BCUT2D eigenvalue weighted by Gasteiger charge is -2.30. The molecular formula is C22H27N3O5. The number of hydrogen-bond acceptors (Lipinski definition) is 6. The molecule has 160 valence electrons. The van der Waals surface area contributed by atoms with Gasteiger partial charge in [0.25, 0.3) is 5.91 Å². The van der Waals surface area contributed by atoms with Crippen molar-refractivity contribution in [3.05, 3.63) is 54.2 Å². The summed E-state index contributed by atoms with van der Waals surface area (Å²) >= 11 is 0. The molecular weight excluding hydrogens is 386 g/mol. The molecule has 2 aromatic heterocycles. The van der Waals surface area contributed by atoms with Gasteiger partial charge in [0, 0.05) is 45.2 Å². The Morgan fingerprint density at radius 2 is 2.10 bits per heavy atom. The van der Waals surface area contributed by atoms with Gasteiger partial charge in [-0.1, -0.05) is 6.07 Å². The summed E-state index contributed by atoms with van der Waals surface area (Å²) < 4.78 is 16.6. The van der Waals surface area contributed by atoms with Crippen LogP contribution in [-0.4, -0.2) is 72.1 Å². The van der Waals surface area contributed by atoms with Crippen molar-refractivity contribution in [1.82, 2.24) is 14.8 Å². The van der Waals surface area contributed by atoms with E-state index >= 15 is 0 Å². The van der Waals surface area contributed by atoms with Crippen molar-refractivity contribution in [2.24, 2.45) is 5.92 Å².